The van der Waals surface area contributed by atoms with Gasteiger partial charge in [-0.15, -0.1) is 0 Å². The van der Waals surface area contributed by atoms with E-state index in [0.29, 0.717) is 29.0 Å². The van der Waals surface area contributed by atoms with Gasteiger partial charge in [0, 0.05) is 28.8 Å². The molecule has 8 rings (SSSR count). The van der Waals surface area contributed by atoms with Crippen LogP contribution in [0, 0.1) is 23.7 Å². The number of rotatable bonds is 5. The third-order valence-corrected chi connectivity index (χ3v) is 9.88. The minimum atomic E-state index is -0.00977. The monoisotopic (exact) mass is 510 g/mol. The molecule has 1 heterocycles. The quantitative estimate of drug-likeness (QED) is 0.355. The van der Waals surface area contributed by atoms with Gasteiger partial charge >= 0.3 is 0 Å². The minimum Gasteiger partial charge on any atom is -0.349 e. The molecular formula is C32H38N4O2. The fraction of sp³-hybridized carbons (Fsp3) is 0.531. The van der Waals surface area contributed by atoms with Crippen molar-refractivity contribution in [1.29, 1.82) is 0 Å². The lowest BCUT2D eigenvalue weighted by Crippen LogP contribution is -2.55. The first-order valence-corrected chi connectivity index (χ1v) is 14.8. The molecule has 0 spiro atoms. The summed E-state index contributed by atoms with van der Waals surface area (Å²) in [7, 11) is 0. The number of H-pyrrole nitrogens is 1. The topological polar surface area (TPSA) is 86.9 Å². The highest BCUT2D eigenvalue weighted by atomic mass is 16.2. The Bertz CT molecular complexity index is 1310. The first-order chi connectivity index (χ1) is 18.6. The molecule has 4 bridgehead atoms. The van der Waals surface area contributed by atoms with Crippen LogP contribution in [0.3, 0.4) is 0 Å². The molecule has 0 atom stereocenters. The Kier molecular flexibility index (Phi) is 6.21. The molecule has 6 heteroatoms. The molecule has 0 radical (unpaired) electrons. The third kappa shape index (κ3) is 4.63. The summed E-state index contributed by atoms with van der Waals surface area (Å²) in [5.74, 6) is 3.93. The Morgan fingerprint density at radius 3 is 2.05 bits per heavy atom. The first kappa shape index (κ1) is 23.9. The number of nitrogens with one attached hydrogen (secondary N) is 3. The van der Waals surface area contributed by atoms with Crippen LogP contribution in [0.4, 0.5) is 0 Å². The zero-order valence-corrected chi connectivity index (χ0v) is 22.0. The number of imidazole rings is 1. The van der Waals surface area contributed by atoms with E-state index in [9.17, 15) is 9.59 Å². The first-order valence-electron chi connectivity index (χ1n) is 14.8. The summed E-state index contributed by atoms with van der Waals surface area (Å²) >= 11 is 0. The standard InChI is InChI=1S/C32H38N4O2/c37-31(36-29-24-14-19-13-20(16-24)17-25(29)15-19)22-9-7-21(8-10-22)30-34-27-12-11-23(18-28(27)35-30)32(38)33-26-5-3-1-2-4-6-26/h7-12,18-20,24-26,29H,1-6,13-17H2,(H,33,38)(H,34,35)(H,36,37). The van der Waals surface area contributed by atoms with Crippen LogP contribution < -0.4 is 10.6 Å². The number of aromatic amines is 1. The fourth-order valence-electron chi connectivity index (χ4n) is 8.16. The molecule has 0 saturated heterocycles. The highest BCUT2D eigenvalue weighted by Gasteiger charge is 2.48. The van der Waals surface area contributed by atoms with E-state index in [1.807, 2.05) is 42.5 Å². The van der Waals surface area contributed by atoms with Crippen molar-refractivity contribution < 1.29 is 9.59 Å². The normalized spacial score (nSPS) is 28.8. The molecule has 0 unspecified atom stereocenters. The SMILES string of the molecule is O=C(NC1CCCCCC1)c1ccc2nc(-c3ccc(C(=O)NC4C5CC6CC(C5)CC4C6)cc3)[nH]c2c1. The van der Waals surface area contributed by atoms with Crippen LogP contribution in [0.5, 0.6) is 0 Å². The number of fused-ring (bicyclic) bond motifs is 1. The van der Waals surface area contributed by atoms with E-state index in [-0.39, 0.29) is 17.9 Å². The van der Waals surface area contributed by atoms with Crippen molar-refractivity contribution in [2.45, 2.75) is 82.7 Å². The smallest absolute Gasteiger partial charge is 0.251 e. The van der Waals surface area contributed by atoms with Gasteiger partial charge in [0.15, 0.2) is 0 Å². The molecule has 5 fully saturated rings. The molecule has 5 aliphatic rings. The Labute approximate surface area is 224 Å². The maximum Gasteiger partial charge on any atom is 0.251 e. The third-order valence-electron chi connectivity index (χ3n) is 9.88. The van der Waals surface area contributed by atoms with Crippen LogP contribution in [0.15, 0.2) is 42.5 Å². The highest BCUT2D eigenvalue weighted by Crippen LogP contribution is 2.53. The lowest BCUT2D eigenvalue weighted by molar-refractivity contribution is -0.0119. The summed E-state index contributed by atoms with van der Waals surface area (Å²) in [6.45, 7) is 0. The van der Waals surface area contributed by atoms with Gasteiger partial charge in [-0.2, -0.15) is 0 Å². The van der Waals surface area contributed by atoms with E-state index < -0.39 is 0 Å². The number of hydrogen-bond donors (Lipinski definition) is 3. The van der Waals surface area contributed by atoms with Gasteiger partial charge in [-0.05, 0) is 98.9 Å². The second-order valence-corrected chi connectivity index (χ2v) is 12.5. The maximum atomic E-state index is 13.1. The summed E-state index contributed by atoms with van der Waals surface area (Å²) in [6, 6.07) is 14.0. The number of benzene rings is 2. The van der Waals surface area contributed by atoms with Gasteiger partial charge in [-0.25, -0.2) is 4.98 Å². The summed E-state index contributed by atoms with van der Waals surface area (Å²) in [5.41, 5.74) is 3.97. The van der Waals surface area contributed by atoms with Crippen molar-refractivity contribution in [1.82, 2.24) is 20.6 Å². The van der Waals surface area contributed by atoms with Crippen LogP contribution in [-0.4, -0.2) is 33.9 Å². The van der Waals surface area contributed by atoms with Gasteiger partial charge in [-0.3, -0.25) is 9.59 Å². The number of nitrogens with zero attached hydrogens (tertiary/aromatic N) is 1. The number of aromatic nitrogens is 2. The zero-order valence-electron chi connectivity index (χ0n) is 22.0. The van der Waals surface area contributed by atoms with Gasteiger partial charge in [0.1, 0.15) is 5.82 Å². The summed E-state index contributed by atoms with van der Waals surface area (Å²) < 4.78 is 0. The van der Waals surface area contributed by atoms with Crippen LogP contribution in [0.1, 0.15) is 91.3 Å². The van der Waals surface area contributed by atoms with Crippen molar-refractivity contribution in [2.24, 2.45) is 23.7 Å². The number of carbonyl (C=O) groups is 2. The predicted octanol–water partition coefficient (Wildman–Crippen LogP) is 6.24. The van der Waals surface area contributed by atoms with Gasteiger partial charge in [-0.1, -0.05) is 37.8 Å². The van der Waals surface area contributed by atoms with Gasteiger partial charge in [0.05, 0.1) is 11.0 Å². The lowest BCUT2D eigenvalue weighted by atomic mass is 9.54. The second-order valence-electron chi connectivity index (χ2n) is 12.5. The Balaban J connectivity index is 1.02. The minimum absolute atomic E-state index is 0.00977. The van der Waals surface area contributed by atoms with E-state index >= 15 is 0 Å². The number of hydrogen-bond acceptors (Lipinski definition) is 3. The molecular weight excluding hydrogens is 472 g/mol. The highest BCUT2D eigenvalue weighted by molar-refractivity contribution is 5.98. The summed E-state index contributed by atoms with van der Waals surface area (Å²) in [6.07, 6.45) is 13.7. The van der Waals surface area contributed by atoms with Crippen molar-refractivity contribution in [2.75, 3.05) is 0 Å². The fourth-order valence-corrected chi connectivity index (χ4v) is 8.16. The lowest BCUT2D eigenvalue weighted by Gasteiger charge is -2.54. The van der Waals surface area contributed by atoms with Crippen molar-refractivity contribution >= 4 is 22.8 Å². The average molecular weight is 511 g/mol. The predicted molar refractivity (Wildman–Crippen MR) is 149 cm³/mol. The average Bonchev–Trinajstić information content (AvgIpc) is 3.19. The summed E-state index contributed by atoms with van der Waals surface area (Å²) in [5, 5.41) is 6.64. The molecule has 2 aromatic carbocycles. The van der Waals surface area contributed by atoms with E-state index in [4.69, 9.17) is 4.98 Å². The van der Waals surface area contributed by atoms with Crippen molar-refractivity contribution in [3.05, 3.63) is 53.6 Å². The number of carbonyl (C=O) groups excluding carboxylic acids is 2. The molecule has 3 aromatic rings. The molecule has 5 saturated carbocycles. The van der Waals surface area contributed by atoms with Gasteiger partial charge < -0.3 is 15.6 Å². The number of amides is 2. The van der Waals surface area contributed by atoms with Gasteiger partial charge in [0.2, 0.25) is 0 Å². The van der Waals surface area contributed by atoms with Crippen molar-refractivity contribution in [3.63, 3.8) is 0 Å². The summed E-state index contributed by atoms with van der Waals surface area (Å²) in [4.78, 5) is 34.1. The molecule has 2 amide bonds. The molecule has 1 aromatic heterocycles. The van der Waals surface area contributed by atoms with Gasteiger partial charge in [0.25, 0.3) is 11.8 Å². The molecule has 5 aliphatic carbocycles. The largest absolute Gasteiger partial charge is 0.349 e. The molecule has 38 heavy (non-hydrogen) atoms. The van der Waals surface area contributed by atoms with Crippen LogP contribution in [0.25, 0.3) is 22.4 Å². The molecule has 198 valence electrons. The zero-order chi connectivity index (χ0) is 25.6. The van der Waals surface area contributed by atoms with Crippen LogP contribution >= 0.6 is 0 Å². The Morgan fingerprint density at radius 1 is 0.737 bits per heavy atom. The van der Waals surface area contributed by atoms with Crippen LogP contribution in [-0.2, 0) is 0 Å². The maximum absolute atomic E-state index is 13.1. The molecule has 6 nitrogen and oxygen atoms in total. The Hall–Kier alpha value is -3.15. The van der Waals surface area contributed by atoms with E-state index in [1.165, 1.54) is 57.8 Å². The van der Waals surface area contributed by atoms with Crippen LogP contribution in [0.2, 0.25) is 0 Å². The second kappa shape index (κ2) is 9.87. The van der Waals surface area contributed by atoms with E-state index in [0.717, 1.165) is 47.1 Å². The molecule has 3 N–H and O–H groups in total. The van der Waals surface area contributed by atoms with E-state index in [2.05, 4.69) is 15.6 Å². The Morgan fingerprint density at radius 2 is 1.37 bits per heavy atom. The van der Waals surface area contributed by atoms with E-state index in [1.54, 1.807) is 0 Å². The van der Waals surface area contributed by atoms with Crippen molar-refractivity contribution in [3.8, 4) is 11.4 Å². The molecule has 0 aliphatic heterocycles.